The number of amides is 1. The summed E-state index contributed by atoms with van der Waals surface area (Å²) in [5.74, 6) is -0.264. The van der Waals surface area contributed by atoms with Gasteiger partial charge in [0, 0.05) is 4.47 Å². The summed E-state index contributed by atoms with van der Waals surface area (Å²) in [6.07, 6.45) is 2.83. The van der Waals surface area contributed by atoms with Gasteiger partial charge in [0.25, 0.3) is 0 Å². The van der Waals surface area contributed by atoms with Crippen LogP contribution in [-0.4, -0.2) is 20.7 Å². The number of hydrogen-bond donors (Lipinski definition) is 1. The van der Waals surface area contributed by atoms with Gasteiger partial charge >= 0.3 is 0 Å². The Morgan fingerprint density at radius 2 is 2.37 bits per heavy atom. The zero-order chi connectivity index (χ0) is 13.8. The first kappa shape index (κ1) is 13.2. The molecule has 0 saturated heterocycles. The summed E-state index contributed by atoms with van der Waals surface area (Å²) in [6, 6.07) is 6.59. The van der Waals surface area contributed by atoms with Crippen LogP contribution in [0.1, 0.15) is 18.5 Å². The second kappa shape index (κ2) is 5.63. The van der Waals surface area contributed by atoms with Crippen LogP contribution in [0.3, 0.4) is 0 Å². The van der Waals surface area contributed by atoms with Gasteiger partial charge in [0.05, 0.1) is 11.3 Å². The van der Waals surface area contributed by atoms with Gasteiger partial charge < -0.3 is 5.32 Å². The molecule has 2 rings (SSSR count). The SMILES string of the molecule is CC(C(=O)Nc1cc(Br)ccc1C#N)n1cncn1. The Bertz CT molecular complexity index is 632. The third-order valence-corrected chi connectivity index (χ3v) is 3.07. The van der Waals surface area contributed by atoms with Crippen LogP contribution in [0.4, 0.5) is 5.69 Å². The fourth-order valence-corrected chi connectivity index (χ4v) is 1.85. The quantitative estimate of drug-likeness (QED) is 0.939. The molecule has 1 aromatic heterocycles. The first-order valence-electron chi connectivity index (χ1n) is 5.46. The molecule has 0 aliphatic rings. The molecule has 0 saturated carbocycles. The molecule has 1 heterocycles. The fraction of sp³-hybridized carbons (Fsp3) is 0.167. The summed E-state index contributed by atoms with van der Waals surface area (Å²) in [6.45, 7) is 1.70. The van der Waals surface area contributed by atoms with Gasteiger partial charge in [-0.3, -0.25) is 4.79 Å². The molecule has 0 aliphatic heterocycles. The molecule has 6 nitrogen and oxygen atoms in total. The molecular formula is C12H10BrN5O. The number of hydrogen-bond acceptors (Lipinski definition) is 4. The molecule has 0 aliphatic carbocycles. The predicted octanol–water partition coefficient (Wildman–Crippen LogP) is 2.11. The van der Waals surface area contributed by atoms with Crippen molar-refractivity contribution in [2.45, 2.75) is 13.0 Å². The molecule has 2 aromatic rings. The van der Waals surface area contributed by atoms with Crippen LogP contribution in [0.25, 0.3) is 0 Å². The number of halogens is 1. The molecule has 0 radical (unpaired) electrons. The monoisotopic (exact) mass is 319 g/mol. The number of carbonyl (C=O) groups is 1. The fourth-order valence-electron chi connectivity index (χ4n) is 1.49. The number of anilines is 1. The van der Waals surface area contributed by atoms with Gasteiger partial charge in [-0.2, -0.15) is 10.4 Å². The van der Waals surface area contributed by atoms with Gasteiger partial charge in [-0.1, -0.05) is 15.9 Å². The maximum Gasteiger partial charge on any atom is 0.249 e. The molecular weight excluding hydrogens is 310 g/mol. The summed E-state index contributed by atoms with van der Waals surface area (Å²) in [5.41, 5.74) is 0.871. The maximum atomic E-state index is 12.1. The third-order valence-electron chi connectivity index (χ3n) is 2.57. The Hall–Kier alpha value is -2.20. The van der Waals surface area contributed by atoms with Crippen LogP contribution in [0.15, 0.2) is 35.3 Å². The minimum Gasteiger partial charge on any atom is -0.323 e. The van der Waals surface area contributed by atoms with Gasteiger partial charge in [0.2, 0.25) is 5.91 Å². The first-order chi connectivity index (χ1) is 9.11. The van der Waals surface area contributed by atoms with Gasteiger partial charge in [-0.15, -0.1) is 0 Å². The summed E-state index contributed by atoms with van der Waals surface area (Å²) in [7, 11) is 0. The Kier molecular flexibility index (Phi) is 3.92. The lowest BCUT2D eigenvalue weighted by Crippen LogP contribution is -2.24. The number of aromatic nitrogens is 3. The van der Waals surface area contributed by atoms with Gasteiger partial charge in [-0.25, -0.2) is 9.67 Å². The van der Waals surface area contributed by atoms with Crippen LogP contribution < -0.4 is 5.32 Å². The number of nitrogens with one attached hydrogen (secondary N) is 1. The Morgan fingerprint density at radius 3 is 3.00 bits per heavy atom. The van der Waals surface area contributed by atoms with Gasteiger partial charge in [0.1, 0.15) is 24.8 Å². The largest absolute Gasteiger partial charge is 0.323 e. The lowest BCUT2D eigenvalue weighted by molar-refractivity contribution is -0.119. The maximum absolute atomic E-state index is 12.1. The van der Waals surface area contributed by atoms with Gasteiger partial charge in [0.15, 0.2) is 0 Å². The molecule has 1 atom stereocenters. The van der Waals surface area contributed by atoms with E-state index < -0.39 is 6.04 Å². The number of nitrogens with zero attached hydrogens (tertiary/aromatic N) is 4. The number of benzene rings is 1. The Labute approximate surface area is 118 Å². The second-order valence-corrected chi connectivity index (χ2v) is 4.76. The summed E-state index contributed by atoms with van der Waals surface area (Å²) in [5, 5.41) is 15.6. The van der Waals surface area contributed by atoms with E-state index in [9.17, 15) is 4.79 Å². The number of carbonyl (C=O) groups excluding carboxylic acids is 1. The highest BCUT2D eigenvalue weighted by Gasteiger charge is 2.16. The van der Waals surface area contributed by atoms with Crippen LogP contribution >= 0.6 is 15.9 Å². The average molecular weight is 320 g/mol. The number of nitriles is 1. The van der Waals surface area contributed by atoms with Crippen LogP contribution in [0, 0.1) is 11.3 Å². The molecule has 1 aromatic carbocycles. The van der Waals surface area contributed by atoms with E-state index in [1.807, 2.05) is 6.07 Å². The van der Waals surface area contributed by atoms with Crippen molar-refractivity contribution in [1.29, 1.82) is 5.26 Å². The van der Waals surface area contributed by atoms with Crippen LogP contribution in [0.2, 0.25) is 0 Å². The molecule has 0 bridgehead atoms. The van der Waals surface area contributed by atoms with Crippen LogP contribution in [0.5, 0.6) is 0 Å². The van der Waals surface area contributed by atoms with Crippen molar-refractivity contribution in [2.24, 2.45) is 0 Å². The molecule has 1 N–H and O–H groups in total. The molecule has 0 fully saturated rings. The third kappa shape index (κ3) is 2.98. The Balaban J connectivity index is 2.20. The van der Waals surface area contributed by atoms with Crippen LogP contribution in [-0.2, 0) is 4.79 Å². The molecule has 7 heteroatoms. The molecule has 1 amide bonds. The predicted molar refractivity (Wildman–Crippen MR) is 72.2 cm³/mol. The molecule has 19 heavy (non-hydrogen) atoms. The minimum atomic E-state index is -0.506. The van der Waals surface area contributed by atoms with Crippen molar-refractivity contribution < 1.29 is 4.79 Å². The minimum absolute atomic E-state index is 0.264. The van der Waals surface area contributed by atoms with Crippen molar-refractivity contribution in [3.8, 4) is 6.07 Å². The van der Waals surface area contributed by atoms with Crippen molar-refractivity contribution in [3.63, 3.8) is 0 Å². The average Bonchev–Trinajstić information content (AvgIpc) is 2.92. The molecule has 96 valence electrons. The van der Waals surface area contributed by atoms with E-state index >= 15 is 0 Å². The van der Waals surface area contributed by atoms with E-state index in [1.165, 1.54) is 17.3 Å². The van der Waals surface area contributed by atoms with Crippen molar-refractivity contribution in [2.75, 3.05) is 5.32 Å². The lowest BCUT2D eigenvalue weighted by atomic mass is 10.2. The Morgan fingerprint density at radius 1 is 1.58 bits per heavy atom. The number of rotatable bonds is 3. The van der Waals surface area contributed by atoms with E-state index in [-0.39, 0.29) is 5.91 Å². The second-order valence-electron chi connectivity index (χ2n) is 3.84. The summed E-state index contributed by atoms with van der Waals surface area (Å²) >= 11 is 3.30. The highest BCUT2D eigenvalue weighted by Crippen LogP contribution is 2.21. The van der Waals surface area contributed by atoms with E-state index in [4.69, 9.17) is 5.26 Å². The topological polar surface area (TPSA) is 83.6 Å². The standard InChI is InChI=1S/C12H10BrN5O/c1-8(18-7-15-6-16-18)12(19)17-11-4-10(13)3-2-9(11)5-14/h2-4,6-8H,1H3,(H,17,19). The van der Waals surface area contributed by atoms with E-state index in [2.05, 4.69) is 31.3 Å². The smallest absolute Gasteiger partial charge is 0.249 e. The molecule has 0 spiro atoms. The van der Waals surface area contributed by atoms with E-state index in [1.54, 1.807) is 25.1 Å². The summed E-state index contributed by atoms with van der Waals surface area (Å²) < 4.78 is 2.23. The lowest BCUT2D eigenvalue weighted by Gasteiger charge is -2.13. The highest BCUT2D eigenvalue weighted by atomic mass is 79.9. The normalized spacial score (nSPS) is 11.6. The zero-order valence-electron chi connectivity index (χ0n) is 10.0. The van der Waals surface area contributed by atoms with Gasteiger partial charge in [-0.05, 0) is 25.1 Å². The zero-order valence-corrected chi connectivity index (χ0v) is 11.6. The first-order valence-corrected chi connectivity index (χ1v) is 6.25. The van der Waals surface area contributed by atoms with Crippen molar-refractivity contribution in [3.05, 3.63) is 40.9 Å². The van der Waals surface area contributed by atoms with Crippen molar-refractivity contribution in [1.82, 2.24) is 14.8 Å². The van der Waals surface area contributed by atoms with Crippen molar-refractivity contribution >= 4 is 27.5 Å². The van der Waals surface area contributed by atoms with E-state index in [0.29, 0.717) is 11.3 Å². The van der Waals surface area contributed by atoms with E-state index in [0.717, 1.165) is 4.47 Å². The summed E-state index contributed by atoms with van der Waals surface area (Å²) in [4.78, 5) is 15.9. The molecule has 1 unspecified atom stereocenters. The highest BCUT2D eigenvalue weighted by molar-refractivity contribution is 9.10.